The summed E-state index contributed by atoms with van der Waals surface area (Å²) < 4.78 is 10.6. The van der Waals surface area contributed by atoms with Crippen molar-refractivity contribution in [2.75, 3.05) is 7.11 Å². The molecular formula is C12H12O5. The van der Waals surface area contributed by atoms with E-state index in [1.54, 1.807) is 12.1 Å². The molecule has 0 heterocycles. The Balaban J connectivity index is 2.41. The van der Waals surface area contributed by atoms with Gasteiger partial charge in [-0.15, -0.1) is 0 Å². The molecule has 5 nitrogen and oxygen atoms in total. The number of carbonyl (C=O) groups excluding carboxylic acids is 1. The van der Waals surface area contributed by atoms with Crippen molar-refractivity contribution >= 4 is 11.8 Å². The predicted molar refractivity (Wildman–Crippen MR) is 58.6 cm³/mol. The summed E-state index contributed by atoms with van der Waals surface area (Å²) >= 11 is 0. The average molecular weight is 236 g/mol. The van der Waals surface area contributed by atoms with Crippen molar-refractivity contribution in [2.24, 2.45) is 0 Å². The first-order valence-electron chi connectivity index (χ1n) is 5.24. The van der Waals surface area contributed by atoms with E-state index in [4.69, 9.17) is 14.6 Å². The van der Waals surface area contributed by atoms with Crippen molar-refractivity contribution in [2.45, 2.75) is 18.9 Å². The Labute approximate surface area is 98.0 Å². The van der Waals surface area contributed by atoms with Gasteiger partial charge in [0.15, 0.2) is 11.5 Å². The SMILES string of the molecule is COc1cccc(C(=O)C(=O)O)c1OC1CC1. The van der Waals surface area contributed by atoms with Crippen LogP contribution in [-0.2, 0) is 4.79 Å². The van der Waals surface area contributed by atoms with Gasteiger partial charge in [0.2, 0.25) is 0 Å². The standard InChI is InChI=1S/C12H12O5/c1-16-9-4-2-3-8(10(13)12(14)15)11(9)17-7-5-6-7/h2-4,7H,5-6H2,1H3,(H,14,15). The second kappa shape index (κ2) is 4.45. The van der Waals surface area contributed by atoms with Crippen molar-refractivity contribution in [1.29, 1.82) is 0 Å². The van der Waals surface area contributed by atoms with Crippen LogP contribution in [0.15, 0.2) is 18.2 Å². The van der Waals surface area contributed by atoms with Crippen molar-refractivity contribution in [3.63, 3.8) is 0 Å². The highest BCUT2D eigenvalue weighted by atomic mass is 16.5. The number of aliphatic carboxylic acids is 1. The van der Waals surface area contributed by atoms with E-state index < -0.39 is 11.8 Å². The van der Waals surface area contributed by atoms with Crippen LogP contribution in [0.3, 0.4) is 0 Å². The van der Waals surface area contributed by atoms with E-state index in [1.165, 1.54) is 13.2 Å². The van der Waals surface area contributed by atoms with E-state index in [2.05, 4.69) is 0 Å². The smallest absolute Gasteiger partial charge is 0.377 e. The van der Waals surface area contributed by atoms with Crippen LogP contribution in [0.1, 0.15) is 23.2 Å². The van der Waals surface area contributed by atoms with Gasteiger partial charge in [-0.1, -0.05) is 6.07 Å². The third kappa shape index (κ3) is 2.38. The van der Waals surface area contributed by atoms with E-state index in [0.717, 1.165) is 12.8 Å². The highest BCUT2D eigenvalue weighted by molar-refractivity contribution is 6.40. The molecule has 2 rings (SSSR count). The summed E-state index contributed by atoms with van der Waals surface area (Å²) in [6, 6.07) is 4.63. The van der Waals surface area contributed by atoms with Crippen molar-refractivity contribution in [3.8, 4) is 11.5 Å². The van der Waals surface area contributed by atoms with E-state index in [9.17, 15) is 9.59 Å². The number of hydrogen-bond donors (Lipinski definition) is 1. The Morgan fingerprint density at radius 3 is 2.59 bits per heavy atom. The second-order valence-corrected chi connectivity index (χ2v) is 3.79. The summed E-state index contributed by atoms with van der Waals surface area (Å²) in [6.45, 7) is 0. The van der Waals surface area contributed by atoms with Crippen molar-refractivity contribution in [3.05, 3.63) is 23.8 Å². The first kappa shape index (κ1) is 11.4. The molecule has 0 bridgehead atoms. The zero-order valence-electron chi connectivity index (χ0n) is 9.30. The summed E-state index contributed by atoms with van der Waals surface area (Å²) in [6.07, 6.45) is 1.89. The number of carbonyl (C=O) groups is 2. The van der Waals surface area contributed by atoms with Crippen LogP contribution < -0.4 is 9.47 Å². The van der Waals surface area contributed by atoms with Gasteiger partial charge in [-0.05, 0) is 25.0 Å². The minimum absolute atomic E-state index is 0.0312. The molecule has 1 aliphatic carbocycles. The number of rotatable bonds is 5. The molecule has 1 N–H and O–H groups in total. The van der Waals surface area contributed by atoms with Gasteiger partial charge in [0.1, 0.15) is 0 Å². The molecule has 1 aliphatic rings. The number of Topliss-reactive ketones (excluding diaryl/α,β-unsaturated/α-hetero) is 1. The first-order valence-corrected chi connectivity index (χ1v) is 5.24. The van der Waals surface area contributed by atoms with Gasteiger partial charge >= 0.3 is 5.97 Å². The molecule has 0 radical (unpaired) electrons. The molecule has 17 heavy (non-hydrogen) atoms. The largest absolute Gasteiger partial charge is 0.493 e. The highest BCUT2D eigenvalue weighted by Gasteiger charge is 2.29. The number of carboxylic acids is 1. The molecule has 90 valence electrons. The maximum atomic E-state index is 11.5. The Hall–Kier alpha value is -2.04. The number of para-hydroxylation sites is 1. The van der Waals surface area contributed by atoms with Crippen LogP contribution in [0.4, 0.5) is 0 Å². The van der Waals surface area contributed by atoms with Crippen LogP contribution in [0, 0.1) is 0 Å². The van der Waals surface area contributed by atoms with Gasteiger partial charge < -0.3 is 14.6 Å². The number of ketones is 1. The first-order chi connectivity index (χ1) is 8.13. The molecule has 1 fully saturated rings. The van der Waals surface area contributed by atoms with Crippen LogP contribution in [-0.4, -0.2) is 30.1 Å². The highest BCUT2D eigenvalue weighted by Crippen LogP contribution is 2.36. The topological polar surface area (TPSA) is 72.8 Å². The monoisotopic (exact) mass is 236 g/mol. The Morgan fingerprint density at radius 2 is 2.06 bits per heavy atom. The molecule has 0 saturated heterocycles. The van der Waals surface area contributed by atoms with Gasteiger partial charge in [-0.3, -0.25) is 4.79 Å². The van der Waals surface area contributed by atoms with E-state index in [-0.39, 0.29) is 17.4 Å². The summed E-state index contributed by atoms with van der Waals surface area (Å²) in [5.41, 5.74) is 0.0312. The van der Waals surface area contributed by atoms with Gasteiger partial charge in [-0.25, -0.2) is 4.79 Å². The minimum Gasteiger partial charge on any atom is -0.493 e. The normalized spacial score (nSPS) is 14.2. The lowest BCUT2D eigenvalue weighted by Gasteiger charge is -2.12. The summed E-state index contributed by atoms with van der Waals surface area (Å²) in [5, 5.41) is 8.73. The van der Waals surface area contributed by atoms with Crippen LogP contribution in [0.5, 0.6) is 11.5 Å². The fraction of sp³-hybridized carbons (Fsp3) is 0.333. The summed E-state index contributed by atoms with van der Waals surface area (Å²) in [7, 11) is 1.45. The van der Waals surface area contributed by atoms with Crippen LogP contribution >= 0.6 is 0 Å². The van der Waals surface area contributed by atoms with E-state index in [0.29, 0.717) is 5.75 Å². The number of methoxy groups -OCH3 is 1. The Bertz CT molecular complexity index is 462. The lowest BCUT2D eigenvalue weighted by atomic mass is 10.1. The quantitative estimate of drug-likeness (QED) is 0.619. The number of ether oxygens (including phenoxy) is 2. The molecule has 5 heteroatoms. The van der Waals surface area contributed by atoms with E-state index in [1.807, 2.05) is 0 Å². The summed E-state index contributed by atoms with van der Waals surface area (Å²) in [5.74, 6) is -1.88. The lowest BCUT2D eigenvalue weighted by molar-refractivity contribution is -0.131. The average Bonchev–Trinajstić information content (AvgIpc) is 3.12. The molecular weight excluding hydrogens is 224 g/mol. The molecule has 0 spiro atoms. The van der Waals surface area contributed by atoms with E-state index >= 15 is 0 Å². The minimum atomic E-state index is -1.50. The molecule has 1 aromatic carbocycles. The Kier molecular flexibility index (Phi) is 2.99. The zero-order chi connectivity index (χ0) is 12.4. The van der Waals surface area contributed by atoms with Crippen molar-refractivity contribution in [1.82, 2.24) is 0 Å². The Morgan fingerprint density at radius 1 is 1.35 bits per heavy atom. The number of hydrogen-bond acceptors (Lipinski definition) is 4. The zero-order valence-corrected chi connectivity index (χ0v) is 9.30. The number of carboxylic acid groups (broad SMARTS) is 1. The third-order valence-electron chi connectivity index (χ3n) is 2.45. The molecule has 0 atom stereocenters. The molecule has 0 unspecified atom stereocenters. The molecule has 0 aliphatic heterocycles. The van der Waals surface area contributed by atoms with Gasteiger partial charge in [0, 0.05) is 0 Å². The van der Waals surface area contributed by atoms with Crippen LogP contribution in [0.25, 0.3) is 0 Å². The van der Waals surface area contributed by atoms with Gasteiger partial charge in [0.05, 0.1) is 18.8 Å². The lowest BCUT2D eigenvalue weighted by Crippen LogP contribution is -2.15. The third-order valence-corrected chi connectivity index (χ3v) is 2.45. The molecule has 0 amide bonds. The van der Waals surface area contributed by atoms with Gasteiger partial charge in [-0.2, -0.15) is 0 Å². The maximum absolute atomic E-state index is 11.5. The molecule has 1 aromatic rings. The van der Waals surface area contributed by atoms with Crippen molar-refractivity contribution < 1.29 is 24.2 Å². The molecule has 1 saturated carbocycles. The fourth-order valence-electron chi connectivity index (χ4n) is 1.44. The molecule has 0 aromatic heterocycles. The fourth-order valence-corrected chi connectivity index (χ4v) is 1.44. The maximum Gasteiger partial charge on any atom is 0.377 e. The second-order valence-electron chi connectivity index (χ2n) is 3.79. The van der Waals surface area contributed by atoms with Crippen LogP contribution in [0.2, 0.25) is 0 Å². The number of benzene rings is 1. The predicted octanol–water partition coefficient (Wildman–Crippen LogP) is 1.50. The summed E-state index contributed by atoms with van der Waals surface area (Å²) in [4.78, 5) is 22.2. The van der Waals surface area contributed by atoms with Gasteiger partial charge in [0.25, 0.3) is 5.78 Å².